The number of imidazole rings is 1. The van der Waals surface area contributed by atoms with Crippen molar-refractivity contribution >= 4 is 23.7 Å². The highest BCUT2D eigenvalue weighted by Crippen LogP contribution is 2.11. The van der Waals surface area contributed by atoms with E-state index in [4.69, 9.17) is 5.73 Å². The minimum absolute atomic E-state index is 0.0924. The summed E-state index contributed by atoms with van der Waals surface area (Å²) < 4.78 is 0. The van der Waals surface area contributed by atoms with Crippen molar-refractivity contribution in [3.05, 3.63) is 54.1 Å². The molecule has 0 aliphatic carbocycles. The van der Waals surface area contributed by atoms with Gasteiger partial charge in [0.25, 0.3) is 0 Å². The van der Waals surface area contributed by atoms with Gasteiger partial charge in [-0.3, -0.25) is 14.4 Å². The number of carboxylic acids is 1. The second-order valence-electron chi connectivity index (χ2n) is 9.71. The highest BCUT2D eigenvalue weighted by molar-refractivity contribution is 5.94. The first-order valence-corrected chi connectivity index (χ1v) is 13.0. The first-order chi connectivity index (χ1) is 18.1. The number of rotatable bonds is 15. The Labute approximate surface area is 223 Å². The fourth-order valence-electron chi connectivity index (χ4n) is 3.87. The highest BCUT2D eigenvalue weighted by Gasteiger charge is 2.32. The number of carbonyl (C=O) groups excluding carboxylic acids is 3. The standard InChI is InChI=1S/C27H40N6O5/c1-5-16(3)22(28)26(36)32-21(13-19-14-29-15-30-19)24(34)31-20(12-18-10-8-7-9-11-18)25(35)33-23(27(37)38)17(4)6-2/h7-11,14-17,20-23H,5-6,12-13,28H2,1-4H3,(H,29,30)(H,31,34)(H,32,36)(H,33,35)(H,37,38). The maximum absolute atomic E-state index is 13.5. The molecule has 208 valence electrons. The van der Waals surface area contributed by atoms with Crippen LogP contribution in [0, 0.1) is 11.8 Å². The number of aliphatic carboxylic acids is 1. The molecule has 2 aromatic rings. The third-order valence-corrected chi connectivity index (χ3v) is 6.86. The van der Waals surface area contributed by atoms with Crippen molar-refractivity contribution in [2.75, 3.05) is 0 Å². The molecule has 11 nitrogen and oxygen atoms in total. The monoisotopic (exact) mass is 528 g/mol. The van der Waals surface area contributed by atoms with Crippen molar-refractivity contribution in [1.82, 2.24) is 25.9 Å². The van der Waals surface area contributed by atoms with Crippen LogP contribution in [0.15, 0.2) is 42.9 Å². The Hall–Kier alpha value is -3.73. The molecule has 1 aromatic heterocycles. The molecule has 0 spiro atoms. The predicted molar refractivity (Wildman–Crippen MR) is 143 cm³/mol. The Morgan fingerprint density at radius 2 is 1.47 bits per heavy atom. The molecule has 3 amide bonds. The fourth-order valence-corrected chi connectivity index (χ4v) is 3.87. The normalized spacial score (nSPS) is 15.8. The van der Waals surface area contributed by atoms with Gasteiger partial charge in [-0.1, -0.05) is 70.9 Å². The van der Waals surface area contributed by atoms with Crippen LogP contribution in [0.2, 0.25) is 0 Å². The molecule has 7 N–H and O–H groups in total. The summed E-state index contributed by atoms with van der Waals surface area (Å²) in [6.07, 6.45) is 4.45. The Morgan fingerprint density at radius 3 is 2.03 bits per heavy atom. The van der Waals surface area contributed by atoms with Gasteiger partial charge in [0.1, 0.15) is 18.1 Å². The van der Waals surface area contributed by atoms with Crippen molar-refractivity contribution in [2.24, 2.45) is 17.6 Å². The van der Waals surface area contributed by atoms with Crippen LogP contribution in [-0.2, 0) is 32.0 Å². The number of aromatic amines is 1. The van der Waals surface area contributed by atoms with E-state index in [1.807, 2.05) is 51.1 Å². The second-order valence-corrected chi connectivity index (χ2v) is 9.71. The van der Waals surface area contributed by atoms with Crippen LogP contribution >= 0.6 is 0 Å². The van der Waals surface area contributed by atoms with Gasteiger partial charge in [-0.15, -0.1) is 0 Å². The molecule has 11 heteroatoms. The van der Waals surface area contributed by atoms with Gasteiger partial charge in [-0.05, 0) is 17.4 Å². The number of nitrogens with two attached hydrogens (primary N) is 1. The molecule has 1 aromatic carbocycles. The molecule has 0 radical (unpaired) electrons. The Bertz CT molecular complexity index is 1050. The number of carbonyl (C=O) groups is 4. The van der Waals surface area contributed by atoms with Crippen LogP contribution in [0.3, 0.4) is 0 Å². The van der Waals surface area contributed by atoms with E-state index < -0.39 is 47.9 Å². The molecule has 0 bridgehead atoms. The number of aromatic nitrogens is 2. The zero-order valence-corrected chi connectivity index (χ0v) is 22.4. The summed E-state index contributed by atoms with van der Waals surface area (Å²) in [5.74, 6) is -3.28. The van der Waals surface area contributed by atoms with Crippen molar-refractivity contribution < 1.29 is 24.3 Å². The van der Waals surface area contributed by atoms with E-state index in [9.17, 15) is 24.3 Å². The third kappa shape index (κ3) is 8.98. The summed E-state index contributed by atoms with van der Waals surface area (Å²) in [5, 5.41) is 17.7. The molecule has 2 rings (SSSR count). The van der Waals surface area contributed by atoms with Gasteiger partial charge >= 0.3 is 5.97 Å². The lowest BCUT2D eigenvalue weighted by Gasteiger charge is -2.27. The number of nitrogens with zero attached hydrogens (tertiary/aromatic N) is 1. The van der Waals surface area contributed by atoms with E-state index >= 15 is 0 Å². The smallest absolute Gasteiger partial charge is 0.326 e. The summed E-state index contributed by atoms with van der Waals surface area (Å²) in [5.41, 5.74) is 7.47. The maximum Gasteiger partial charge on any atom is 0.326 e. The van der Waals surface area contributed by atoms with Crippen LogP contribution in [-0.4, -0.2) is 62.9 Å². The van der Waals surface area contributed by atoms with Crippen LogP contribution in [0.25, 0.3) is 0 Å². The predicted octanol–water partition coefficient (Wildman–Crippen LogP) is 1.15. The number of hydrogen-bond donors (Lipinski definition) is 6. The molecule has 0 saturated heterocycles. The second kappa shape index (κ2) is 14.9. The molecule has 0 aliphatic heterocycles. The number of H-pyrrole nitrogens is 1. The molecule has 0 saturated carbocycles. The SMILES string of the molecule is CCC(C)C(N)C(=O)NC(Cc1cnc[nH]1)C(=O)NC(Cc1ccccc1)C(=O)NC(C(=O)O)C(C)CC. The Balaban J connectivity index is 2.29. The minimum Gasteiger partial charge on any atom is -0.480 e. The lowest BCUT2D eigenvalue weighted by Crippen LogP contribution is -2.59. The maximum atomic E-state index is 13.5. The number of carboxylic acid groups (broad SMARTS) is 1. The summed E-state index contributed by atoms with van der Waals surface area (Å²) >= 11 is 0. The number of hydrogen-bond acceptors (Lipinski definition) is 6. The van der Waals surface area contributed by atoms with E-state index in [0.29, 0.717) is 18.5 Å². The van der Waals surface area contributed by atoms with Gasteiger partial charge < -0.3 is 31.8 Å². The van der Waals surface area contributed by atoms with Crippen molar-refractivity contribution in [3.63, 3.8) is 0 Å². The van der Waals surface area contributed by atoms with Gasteiger partial charge in [0.15, 0.2) is 0 Å². The lowest BCUT2D eigenvalue weighted by molar-refractivity contribution is -0.143. The van der Waals surface area contributed by atoms with E-state index in [2.05, 4.69) is 25.9 Å². The van der Waals surface area contributed by atoms with Crippen molar-refractivity contribution in [2.45, 2.75) is 77.5 Å². The molecule has 6 unspecified atom stereocenters. The van der Waals surface area contributed by atoms with E-state index in [1.165, 1.54) is 6.33 Å². The summed E-state index contributed by atoms with van der Waals surface area (Å²) in [4.78, 5) is 58.3. The van der Waals surface area contributed by atoms with Crippen LogP contribution in [0.5, 0.6) is 0 Å². The van der Waals surface area contributed by atoms with Crippen molar-refractivity contribution in [1.29, 1.82) is 0 Å². The summed E-state index contributed by atoms with van der Waals surface area (Å²) in [6, 6.07) is 5.01. The molecule has 38 heavy (non-hydrogen) atoms. The molecular weight excluding hydrogens is 488 g/mol. The van der Waals surface area contributed by atoms with Gasteiger partial charge in [-0.25, -0.2) is 9.78 Å². The largest absolute Gasteiger partial charge is 0.480 e. The number of amides is 3. The average molecular weight is 529 g/mol. The first-order valence-electron chi connectivity index (χ1n) is 13.0. The number of nitrogens with one attached hydrogen (secondary N) is 4. The fraction of sp³-hybridized carbons (Fsp3) is 0.519. The van der Waals surface area contributed by atoms with Crippen molar-refractivity contribution in [3.8, 4) is 0 Å². The van der Waals surface area contributed by atoms with Crippen LogP contribution < -0.4 is 21.7 Å². The zero-order valence-electron chi connectivity index (χ0n) is 22.4. The third-order valence-electron chi connectivity index (χ3n) is 6.86. The van der Waals surface area contributed by atoms with E-state index in [-0.39, 0.29) is 24.7 Å². The average Bonchev–Trinajstić information content (AvgIpc) is 3.42. The molecule has 6 atom stereocenters. The van der Waals surface area contributed by atoms with E-state index in [0.717, 1.165) is 5.56 Å². The van der Waals surface area contributed by atoms with Crippen LogP contribution in [0.4, 0.5) is 0 Å². The molecule has 0 aliphatic rings. The first kappa shape index (κ1) is 30.5. The minimum atomic E-state index is -1.15. The Kier molecular flexibility index (Phi) is 11.9. The number of benzene rings is 1. The quantitative estimate of drug-likeness (QED) is 0.201. The summed E-state index contributed by atoms with van der Waals surface area (Å²) in [6.45, 7) is 7.34. The van der Waals surface area contributed by atoms with Gasteiger partial charge in [0.05, 0.1) is 12.4 Å². The van der Waals surface area contributed by atoms with Gasteiger partial charge in [0, 0.05) is 24.7 Å². The highest BCUT2D eigenvalue weighted by atomic mass is 16.4. The molecular formula is C27H40N6O5. The Morgan fingerprint density at radius 1 is 0.895 bits per heavy atom. The van der Waals surface area contributed by atoms with E-state index in [1.54, 1.807) is 13.1 Å². The van der Waals surface area contributed by atoms with Crippen LogP contribution in [0.1, 0.15) is 51.8 Å². The molecule has 1 heterocycles. The van der Waals surface area contributed by atoms with Gasteiger partial charge in [-0.2, -0.15) is 0 Å². The molecule has 0 fully saturated rings. The zero-order chi connectivity index (χ0) is 28.2. The topological polar surface area (TPSA) is 179 Å². The lowest BCUT2D eigenvalue weighted by atomic mass is 9.97. The summed E-state index contributed by atoms with van der Waals surface area (Å²) in [7, 11) is 0. The van der Waals surface area contributed by atoms with Gasteiger partial charge in [0.2, 0.25) is 17.7 Å².